The molecule has 0 aliphatic carbocycles. The first-order valence-electron chi connectivity index (χ1n) is 9.73. The smallest absolute Gasteiger partial charge is 0.254 e. The number of nitrogens with zero attached hydrogens (tertiary/aromatic N) is 4. The van der Waals surface area contributed by atoms with E-state index in [2.05, 4.69) is 44.9 Å². The van der Waals surface area contributed by atoms with Crippen molar-refractivity contribution in [3.8, 4) is 11.3 Å². The number of aryl methyl sites for hydroxylation is 3. The van der Waals surface area contributed by atoms with Crippen LogP contribution in [0.3, 0.4) is 0 Å². The molecule has 3 aromatic rings. The van der Waals surface area contributed by atoms with Gasteiger partial charge in [0.1, 0.15) is 0 Å². The van der Waals surface area contributed by atoms with E-state index in [1.54, 1.807) is 0 Å². The fourth-order valence-corrected chi connectivity index (χ4v) is 4.13. The third-order valence-electron chi connectivity index (χ3n) is 5.55. The Hall–Kier alpha value is -2.69. The second-order valence-electron chi connectivity index (χ2n) is 7.61. The Kier molecular flexibility index (Phi) is 4.46. The number of amides is 1. The minimum atomic E-state index is 0.114. The number of likely N-dealkylation sites (tertiary alicyclic amines) is 1. The van der Waals surface area contributed by atoms with Crippen LogP contribution >= 0.6 is 0 Å². The van der Waals surface area contributed by atoms with Gasteiger partial charge in [0.2, 0.25) is 0 Å². The van der Waals surface area contributed by atoms with E-state index in [0.717, 1.165) is 64.8 Å². The maximum absolute atomic E-state index is 13.4. The molecule has 1 aromatic carbocycles. The van der Waals surface area contributed by atoms with Crippen LogP contribution in [-0.4, -0.2) is 38.2 Å². The largest absolute Gasteiger partial charge is 0.336 e. The molecule has 0 saturated carbocycles. The molecule has 1 amide bonds. The zero-order chi connectivity index (χ0) is 19.1. The van der Waals surface area contributed by atoms with Gasteiger partial charge >= 0.3 is 0 Å². The highest BCUT2D eigenvalue weighted by atomic mass is 16.2. The summed E-state index contributed by atoms with van der Waals surface area (Å²) in [5.74, 6) is 0.114. The first-order valence-corrected chi connectivity index (χ1v) is 9.73. The standard InChI is InChI=1S/C22H26N4O/c1-5-25-13-17(12-23-25)19-11-18(22(27)26-8-6-7-16(26)4)21-15(3)9-14(2)10-20(21)24-19/h9-13,16H,5-8H2,1-4H3. The van der Waals surface area contributed by atoms with Crippen molar-refractivity contribution in [2.24, 2.45) is 0 Å². The number of aromatic nitrogens is 3. The molecule has 1 aliphatic rings. The van der Waals surface area contributed by atoms with Crippen LogP contribution in [0, 0.1) is 13.8 Å². The van der Waals surface area contributed by atoms with Crippen LogP contribution in [0.2, 0.25) is 0 Å². The van der Waals surface area contributed by atoms with E-state index >= 15 is 0 Å². The number of rotatable bonds is 3. The predicted octanol–water partition coefficient (Wildman–Crippen LogP) is 4.36. The Morgan fingerprint density at radius 2 is 2.07 bits per heavy atom. The van der Waals surface area contributed by atoms with Crippen LogP contribution in [0.1, 0.15) is 48.2 Å². The molecule has 0 bridgehead atoms. The number of hydrogen-bond acceptors (Lipinski definition) is 3. The van der Waals surface area contributed by atoms with E-state index in [1.807, 2.05) is 28.0 Å². The lowest BCUT2D eigenvalue weighted by molar-refractivity contribution is 0.0749. The Morgan fingerprint density at radius 1 is 1.26 bits per heavy atom. The lowest BCUT2D eigenvalue weighted by Gasteiger charge is -2.23. The highest BCUT2D eigenvalue weighted by molar-refractivity contribution is 6.08. The van der Waals surface area contributed by atoms with Gasteiger partial charge in [-0.05, 0) is 63.8 Å². The van der Waals surface area contributed by atoms with Crippen molar-refractivity contribution >= 4 is 16.8 Å². The SMILES string of the molecule is CCn1cc(-c2cc(C(=O)N3CCCC3C)c3c(C)cc(C)cc3n2)cn1. The molecule has 5 nitrogen and oxygen atoms in total. The quantitative estimate of drug-likeness (QED) is 0.696. The summed E-state index contributed by atoms with van der Waals surface area (Å²) >= 11 is 0. The Bertz CT molecular complexity index is 1020. The summed E-state index contributed by atoms with van der Waals surface area (Å²) in [5.41, 5.74) is 5.64. The van der Waals surface area contributed by atoms with Gasteiger partial charge in [-0.2, -0.15) is 5.10 Å². The Labute approximate surface area is 160 Å². The molecule has 0 spiro atoms. The summed E-state index contributed by atoms with van der Waals surface area (Å²) in [7, 11) is 0. The maximum Gasteiger partial charge on any atom is 0.254 e. The summed E-state index contributed by atoms with van der Waals surface area (Å²) in [4.78, 5) is 20.3. The number of hydrogen-bond donors (Lipinski definition) is 0. The molecule has 0 N–H and O–H groups in total. The van der Waals surface area contributed by atoms with E-state index in [4.69, 9.17) is 4.98 Å². The van der Waals surface area contributed by atoms with E-state index < -0.39 is 0 Å². The molecule has 0 radical (unpaired) electrons. The molecule has 5 heteroatoms. The number of fused-ring (bicyclic) bond motifs is 1. The molecular formula is C22H26N4O. The molecule has 1 fully saturated rings. The summed E-state index contributed by atoms with van der Waals surface area (Å²) in [6.45, 7) is 9.97. The molecular weight excluding hydrogens is 336 g/mol. The third kappa shape index (κ3) is 3.11. The van der Waals surface area contributed by atoms with Gasteiger partial charge in [-0.25, -0.2) is 4.98 Å². The van der Waals surface area contributed by atoms with Crippen molar-refractivity contribution in [3.63, 3.8) is 0 Å². The van der Waals surface area contributed by atoms with Crippen molar-refractivity contribution in [2.75, 3.05) is 6.54 Å². The average molecular weight is 362 g/mol. The van der Waals surface area contributed by atoms with Crippen LogP contribution < -0.4 is 0 Å². The van der Waals surface area contributed by atoms with Crippen LogP contribution in [0.4, 0.5) is 0 Å². The highest BCUT2D eigenvalue weighted by Gasteiger charge is 2.28. The second-order valence-corrected chi connectivity index (χ2v) is 7.61. The summed E-state index contributed by atoms with van der Waals surface area (Å²) in [6, 6.07) is 6.44. The Balaban J connectivity index is 1.93. The molecule has 2 aromatic heterocycles. The van der Waals surface area contributed by atoms with Gasteiger partial charge in [-0.15, -0.1) is 0 Å². The van der Waals surface area contributed by atoms with Crippen LogP contribution in [0.15, 0.2) is 30.6 Å². The lowest BCUT2D eigenvalue weighted by Crippen LogP contribution is -2.33. The average Bonchev–Trinajstić information content (AvgIpc) is 3.28. The van der Waals surface area contributed by atoms with Gasteiger partial charge in [-0.1, -0.05) is 6.07 Å². The van der Waals surface area contributed by atoms with Crippen molar-refractivity contribution in [1.29, 1.82) is 0 Å². The van der Waals surface area contributed by atoms with E-state index in [-0.39, 0.29) is 11.9 Å². The van der Waals surface area contributed by atoms with Crippen molar-refractivity contribution in [1.82, 2.24) is 19.7 Å². The molecule has 1 aliphatic heterocycles. The fourth-order valence-electron chi connectivity index (χ4n) is 4.13. The molecule has 1 atom stereocenters. The molecule has 4 rings (SSSR count). The summed E-state index contributed by atoms with van der Waals surface area (Å²) in [5, 5.41) is 5.34. The number of carbonyl (C=O) groups excluding carboxylic acids is 1. The zero-order valence-corrected chi connectivity index (χ0v) is 16.5. The fraction of sp³-hybridized carbons (Fsp3) is 0.409. The van der Waals surface area contributed by atoms with Gasteiger partial charge in [0.05, 0.1) is 23.0 Å². The molecule has 3 heterocycles. The van der Waals surface area contributed by atoms with Gasteiger partial charge in [0.15, 0.2) is 0 Å². The maximum atomic E-state index is 13.4. The molecule has 140 valence electrons. The van der Waals surface area contributed by atoms with Crippen molar-refractivity contribution in [3.05, 3.63) is 47.3 Å². The van der Waals surface area contributed by atoms with E-state index in [0.29, 0.717) is 0 Å². The number of carbonyl (C=O) groups is 1. The normalized spacial score (nSPS) is 17.0. The van der Waals surface area contributed by atoms with Gasteiger partial charge in [-0.3, -0.25) is 9.48 Å². The highest BCUT2D eigenvalue weighted by Crippen LogP contribution is 2.30. The van der Waals surface area contributed by atoms with Crippen molar-refractivity contribution in [2.45, 2.75) is 53.1 Å². The minimum Gasteiger partial charge on any atom is -0.336 e. The molecule has 27 heavy (non-hydrogen) atoms. The zero-order valence-electron chi connectivity index (χ0n) is 16.5. The van der Waals surface area contributed by atoms with E-state index in [9.17, 15) is 4.79 Å². The first-order chi connectivity index (χ1) is 13.0. The molecule has 1 unspecified atom stereocenters. The monoisotopic (exact) mass is 362 g/mol. The van der Waals surface area contributed by atoms with Crippen molar-refractivity contribution < 1.29 is 4.79 Å². The number of pyridine rings is 1. The van der Waals surface area contributed by atoms with Gasteiger partial charge < -0.3 is 4.90 Å². The molecule has 1 saturated heterocycles. The third-order valence-corrected chi connectivity index (χ3v) is 5.55. The number of benzene rings is 1. The van der Waals surface area contributed by atoms with Crippen LogP contribution in [0.5, 0.6) is 0 Å². The Morgan fingerprint density at radius 3 is 2.74 bits per heavy atom. The van der Waals surface area contributed by atoms with Gasteiger partial charge in [0.25, 0.3) is 5.91 Å². The van der Waals surface area contributed by atoms with Crippen LogP contribution in [0.25, 0.3) is 22.2 Å². The topological polar surface area (TPSA) is 51.0 Å². The second kappa shape index (κ2) is 6.80. The lowest BCUT2D eigenvalue weighted by atomic mass is 9.98. The summed E-state index contributed by atoms with van der Waals surface area (Å²) in [6.07, 6.45) is 5.96. The van der Waals surface area contributed by atoms with Gasteiger partial charge in [0, 0.05) is 36.3 Å². The minimum absolute atomic E-state index is 0.114. The predicted molar refractivity (Wildman–Crippen MR) is 108 cm³/mol. The van der Waals surface area contributed by atoms with E-state index in [1.165, 1.54) is 0 Å². The first kappa shape index (κ1) is 17.7. The summed E-state index contributed by atoms with van der Waals surface area (Å²) < 4.78 is 1.88. The van der Waals surface area contributed by atoms with Crippen LogP contribution in [-0.2, 0) is 6.54 Å².